The molecule has 0 radical (unpaired) electrons. The van der Waals surface area contributed by atoms with Gasteiger partial charge in [-0.25, -0.2) is 9.59 Å². The summed E-state index contributed by atoms with van der Waals surface area (Å²) in [7, 11) is 0. The predicted molar refractivity (Wildman–Crippen MR) is 72.0 cm³/mol. The van der Waals surface area contributed by atoms with Crippen LogP contribution in [0.15, 0.2) is 54.6 Å². The molecule has 0 fully saturated rings. The van der Waals surface area contributed by atoms with Crippen LogP contribution in [0.5, 0.6) is 0 Å². The van der Waals surface area contributed by atoms with Crippen molar-refractivity contribution in [2.75, 3.05) is 0 Å². The molecule has 2 rings (SSSR count). The second-order valence-electron chi connectivity index (χ2n) is 3.21. The molecular weight excluding hydrogens is 360 g/mol. The van der Waals surface area contributed by atoms with Gasteiger partial charge in [0.05, 0.1) is 0 Å². The average Bonchev–Trinajstić information content (AvgIpc) is 2.39. The van der Waals surface area contributed by atoms with Crippen LogP contribution in [-0.2, 0) is 21.1 Å². The monoisotopic (exact) mass is 375 g/mol. The van der Waals surface area contributed by atoms with Gasteiger partial charge in [-0.3, -0.25) is 0 Å². The van der Waals surface area contributed by atoms with Crippen LogP contribution in [0.2, 0.25) is 0 Å². The van der Waals surface area contributed by atoms with Gasteiger partial charge in [0.25, 0.3) is 0 Å². The molecule has 0 aliphatic heterocycles. The van der Waals surface area contributed by atoms with Crippen LogP contribution in [0.25, 0.3) is 11.1 Å². The molecule has 0 unspecified atom stereocenters. The van der Waals surface area contributed by atoms with Gasteiger partial charge in [0, 0.05) is 21.1 Å². The normalized spacial score (nSPS) is 7.81. The van der Waals surface area contributed by atoms with E-state index in [1.807, 2.05) is 36.4 Å². The molecule has 21 heavy (non-hydrogen) atoms. The molecule has 0 spiro atoms. The SMILES string of the molecule is O=C(O)O.O=C(O)O.[Mo].[c-]1ccccc1-c1ccccc1. The van der Waals surface area contributed by atoms with Crippen molar-refractivity contribution in [3.8, 4) is 11.1 Å². The summed E-state index contributed by atoms with van der Waals surface area (Å²) < 4.78 is 0. The van der Waals surface area contributed by atoms with E-state index in [0.29, 0.717) is 0 Å². The van der Waals surface area contributed by atoms with Crippen molar-refractivity contribution in [3.63, 3.8) is 0 Å². The molecule has 0 heterocycles. The predicted octanol–water partition coefficient (Wildman–Crippen LogP) is 3.60. The Morgan fingerprint density at radius 3 is 1.57 bits per heavy atom. The van der Waals surface area contributed by atoms with E-state index in [9.17, 15) is 0 Å². The minimum Gasteiger partial charge on any atom is -0.450 e. The Morgan fingerprint density at radius 1 is 0.762 bits per heavy atom. The molecule has 0 aliphatic carbocycles. The first-order chi connectivity index (χ1) is 9.43. The molecule has 2 aromatic carbocycles. The minimum atomic E-state index is -1.83. The summed E-state index contributed by atoms with van der Waals surface area (Å²) in [5.41, 5.74) is 2.37. The third-order valence-corrected chi connectivity index (χ3v) is 1.79. The molecule has 112 valence electrons. The van der Waals surface area contributed by atoms with Gasteiger partial charge in [0.2, 0.25) is 0 Å². The van der Waals surface area contributed by atoms with Crippen LogP contribution >= 0.6 is 0 Å². The van der Waals surface area contributed by atoms with Crippen LogP contribution in [-0.4, -0.2) is 32.7 Å². The molecule has 0 saturated carbocycles. The molecule has 0 atom stereocenters. The first-order valence-corrected chi connectivity index (χ1v) is 5.29. The number of rotatable bonds is 1. The van der Waals surface area contributed by atoms with Gasteiger partial charge in [-0.15, -0.1) is 35.9 Å². The van der Waals surface area contributed by atoms with Crippen molar-refractivity contribution in [1.82, 2.24) is 0 Å². The molecule has 4 N–H and O–H groups in total. The molecule has 0 saturated heterocycles. The molecule has 0 aromatic heterocycles. The molecule has 7 heteroatoms. The van der Waals surface area contributed by atoms with E-state index in [1.165, 1.54) is 5.56 Å². The smallest absolute Gasteiger partial charge is 0.450 e. The maximum absolute atomic E-state index is 8.56. The molecule has 0 aliphatic rings. The van der Waals surface area contributed by atoms with E-state index in [1.54, 1.807) is 0 Å². The number of benzene rings is 2. The van der Waals surface area contributed by atoms with Crippen molar-refractivity contribution < 1.29 is 51.1 Å². The Morgan fingerprint density at radius 2 is 1.19 bits per heavy atom. The van der Waals surface area contributed by atoms with E-state index >= 15 is 0 Å². The molecule has 6 nitrogen and oxygen atoms in total. The number of hydrogen-bond acceptors (Lipinski definition) is 2. The second-order valence-corrected chi connectivity index (χ2v) is 3.21. The summed E-state index contributed by atoms with van der Waals surface area (Å²) in [6, 6.07) is 21.5. The summed E-state index contributed by atoms with van der Waals surface area (Å²) >= 11 is 0. The minimum absolute atomic E-state index is 0. The fraction of sp³-hybridized carbons (Fsp3) is 0. The van der Waals surface area contributed by atoms with Crippen LogP contribution in [0.4, 0.5) is 9.59 Å². The molecule has 0 bridgehead atoms. The van der Waals surface area contributed by atoms with Crippen LogP contribution in [0.1, 0.15) is 0 Å². The van der Waals surface area contributed by atoms with E-state index in [4.69, 9.17) is 30.0 Å². The Labute approximate surface area is 135 Å². The third-order valence-electron chi connectivity index (χ3n) is 1.79. The number of carboxylic acid groups (broad SMARTS) is 4. The first-order valence-electron chi connectivity index (χ1n) is 5.29. The summed E-state index contributed by atoms with van der Waals surface area (Å²) in [4.78, 5) is 17.1. The summed E-state index contributed by atoms with van der Waals surface area (Å²) in [6.07, 6.45) is -3.67. The fourth-order valence-electron chi connectivity index (χ4n) is 1.19. The molecule has 2 aromatic rings. The second kappa shape index (κ2) is 12.7. The van der Waals surface area contributed by atoms with Crippen LogP contribution < -0.4 is 0 Å². The maximum Gasteiger partial charge on any atom is 0.503 e. The van der Waals surface area contributed by atoms with Crippen molar-refractivity contribution in [2.45, 2.75) is 0 Å². The molecule has 0 amide bonds. The average molecular weight is 373 g/mol. The third kappa shape index (κ3) is 13.9. The van der Waals surface area contributed by atoms with Crippen molar-refractivity contribution in [2.24, 2.45) is 0 Å². The fourth-order valence-corrected chi connectivity index (χ4v) is 1.19. The zero-order valence-corrected chi connectivity index (χ0v) is 12.7. The summed E-state index contributed by atoms with van der Waals surface area (Å²) in [6.45, 7) is 0. The van der Waals surface area contributed by atoms with E-state index in [0.717, 1.165) is 5.56 Å². The zero-order chi connectivity index (χ0) is 15.4. The van der Waals surface area contributed by atoms with Gasteiger partial charge in [0.15, 0.2) is 0 Å². The Balaban J connectivity index is 0. The van der Waals surface area contributed by atoms with E-state index in [2.05, 4.69) is 24.3 Å². The Bertz CT molecular complexity index is 458. The van der Waals surface area contributed by atoms with Gasteiger partial charge < -0.3 is 20.4 Å². The first kappa shape index (κ1) is 21.0. The topological polar surface area (TPSA) is 115 Å². The van der Waals surface area contributed by atoms with Gasteiger partial charge in [-0.2, -0.15) is 0 Å². The number of hydrogen-bond donors (Lipinski definition) is 4. The van der Waals surface area contributed by atoms with Crippen LogP contribution in [0, 0.1) is 6.07 Å². The summed E-state index contributed by atoms with van der Waals surface area (Å²) in [5, 5.41) is 27.9. The quantitative estimate of drug-likeness (QED) is 0.449. The standard InChI is InChI=1S/C12H9.2CH2O3.Mo/c1-3-7-11(8-4-1)12-9-5-2-6-10-12;2*2-1(3)4;/h1-9H;2*(H2,2,3,4);/q-1;;;. The Hall–Kier alpha value is -2.33. The van der Waals surface area contributed by atoms with E-state index in [-0.39, 0.29) is 21.1 Å². The van der Waals surface area contributed by atoms with Gasteiger partial charge >= 0.3 is 12.3 Å². The summed E-state index contributed by atoms with van der Waals surface area (Å²) in [5.74, 6) is 0. The molecular formula is C14H13MoO6-. The van der Waals surface area contributed by atoms with Gasteiger partial charge in [-0.1, -0.05) is 35.9 Å². The van der Waals surface area contributed by atoms with Crippen molar-refractivity contribution in [1.29, 1.82) is 0 Å². The van der Waals surface area contributed by atoms with Crippen LogP contribution in [0.3, 0.4) is 0 Å². The maximum atomic E-state index is 8.56. The van der Waals surface area contributed by atoms with Crippen molar-refractivity contribution in [3.05, 3.63) is 60.7 Å². The van der Waals surface area contributed by atoms with Crippen molar-refractivity contribution >= 4 is 12.3 Å². The van der Waals surface area contributed by atoms with Gasteiger partial charge in [-0.05, 0) is 0 Å². The van der Waals surface area contributed by atoms with E-state index < -0.39 is 12.3 Å². The van der Waals surface area contributed by atoms with Gasteiger partial charge in [0.1, 0.15) is 0 Å². The largest absolute Gasteiger partial charge is 0.503 e. The Kier molecular flexibility index (Phi) is 12.7. The number of carbonyl (C=O) groups is 2. The zero-order valence-electron chi connectivity index (χ0n) is 10.7.